The number of carbonyl (C=O) groups is 1. The van der Waals surface area contributed by atoms with Crippen LogP contribution in [0.5, 0.6) is 5.75 Å². The molecule has 28 heavy (non-hydrogen) atoms. The number of rotatable bonds is 2. The van der Waals surface area contributed by atoms with Gasteiger partial charge in [0.05, 0.1) is 0 Å². The molecule has 3 atom stereocenters. The number of amides is 1. The van der Waals surface area contributed by atoms with Crippen LogP contribution in [0.25, 0.3) is 0 Å². The fourth-order valence-corrected chi connectivity index (χ4v) is 6.06. The van der Waals surface area contributed by atoms with Gasteiger partial charge in [0.1, 0.15) is 5.75 Å². The Morgan fingerprint density at radius 2 is 2.00 bits per heavy atom. The molecule has 146 valence electrons. The second-order valence-corrected chi connectivity index (χ2v) is 8.79. The predicted molar refractivity (Wildman–Crippen MR) is 111 cm³/mol. The first kappa shape index (κ1) is 18.0. The van der Waals surface area contributed by atoms with Crippen molar-refractivity contribution in [3.05, 3.63) is 59.7 Å². The van der Waals surface area contributed by atoms with Crippen LogP contribution >= 0.6 is 11.8 Å². The molecule has 5 heteroatoms. The molecule has 2 aromatic rings. The molecule has 0 spiro atoms. The van der Waals surface area contributed by atoms with Crippen molar-refractivity contribution in [2.24, 2.45) is 5.92 Å². The number of nitrogens with zero attached hydrogens (tertiary/aromatic N) is 1. The smallest absolute Gasteiger partial charge is 0.410 e. The van der Waals surface area contributed by atoms with Gasteiger partial charge in [-0.15, -0.1) is 0 Å². The number of piperidine rings is 1. The molecule has 2 aromatic carbocycles. The van der Waals surface area contributed by atoms with Gasteiger partial charge in [-0.2, -0.15) is 0 Å². The summed E-state index contributed by atoms with van der Waals surface area (Å²) in [5.74, 6) is 1.23. The largest absolute Gasteiger partial charge is 0.417 e. The molecule has 1 heterocycles. The Hall–Kier alpha value is -2.04. The van der Waals surface area contributed by atoms with Gasteiger partial charge in [0.2, 0.25) is 0 Å². The maximum Gasteiger partial charge on any atom is 0.417 e. The fourth-order valence-electron chi connectivity index (χ4n) is 5.77. The number of ether oxygens (including phenoxy) is 1. The summed E-state index contributed by atoms with van der Waals surface area (Å²) in [6.07, 6.45) is 6.64. The zero-order valence-electron chi connectivity index (χ0n) is 15.9. The first-order valence-corrected chi connectivity index (χ1v) is 10.6. The number of hydrogen-bond donors (Lipinski definition) is 1. The second-order valence-electron chi connectivity index (χ2n) is 8.35. The molecule has 3 unspecified atom stereocenters. The lowest BCUT2D eigenvalue weighted by Crippen LogP contribution is -2.58. The van der Waals surface area contributed by atoms with E-state index in [0.29, 0.717) is 17.7 Å². The van der Waals surface area contributed by atoms with Gasteiger partial charge in [0.15, 0.2) is 0 Å². The van der Waals surface area contributed by atoms with E-state index in [2.05, 4.69) is 21.9 Å². The third kappa shape index (κ3) is 2.99. The van der Waals surface area contributed by atoms with Gasteiger partial charge in [-0.3, -0.25) is 5.32 Å². The summed E-state index contributed by atoms with van der Waals surface area (Å²) >= 11 is 6.60. The molecule has 5 rings (SSSR count). The number of benzene rings is 2. The minimum absolute atomic E-state index is 0.192. The van der Waals surface area contributed by atoms with Crippen molar-refractivity contribution in [3.8, 4) is 5.75 Å². The van der Waals surface area contributed by atoms with Crippen molar-refractivity contribution < 1.29 is 9.53 Å². The summed E-state index contributed by atoms with van der Waals surface area (Å²) < 4.78 is 7.68. The van der Waals surface area contributed by atoms with Crippen LogP contribution in [0.3, 0.4) is 0 Å². The SMILES string of the molecule is O=C(Nc1ccccc1)Oc1ccc2c(c1)C13CCCCC1C(C2)N(Cl)CC3. The van der Waals surface area contributed by atoms with E-state index in [1.807, 2.05) is 36.4 Å². The Morgan fingerprint density at radius 3 is 2.86 bits per heavy atom. The number of para-hydroxylation sites is 1. The van der Waals surface area contributed by atoms with Crippen molar-refractivity contribution in [1.82, 2.24) is 4.42 Å². The van der Waals surface area contributed by atoms with E-state index < -0.39 is 6.09 Å². The standard InChI is InChI=1S/C23H25ClN2O2/c24-26-13-12-23-11-5-4-8-19(23)21(26)14-16-9-10-18(15-20(16)23)28-22(27)25-17-6-2-1-3-7-17/h1-3,6-7,9-10,15,19,21H,4-5,8,11-14H2,(H,25,27). The van der Waals surface area contributed by atoms with Gasteiger partial charge in [-0.1, -0.05) is 37.1 Å². The lowest BCUT2D eigenvalue weighted by atomic mass is 9.53. The normalized spacial score (nSPS) is 28.8. The van der Waals surface area contributed by atoms with Crippen molar-refractivity contribution in [2.45, 2.75) is 50.0 Å². The summed E-state index contributed by atoms with van der Waals surface area (Å²) in [4.78, 5) is 12.3. The molecule has 1 aliphatic heterocycles. The molecule has 1 saturated carbocycles. The zero-order chi connectivity index (χ0) is 19.1. The van der Waals surface area contributed by atoms with Crippen LogP contribution in [0, 0.1) is 5.92 Å². The van der Waals surface area contributed by atoms with Crippen LogP contribution in [0.4, 0.5) is 10.5 Å². The van der Waals surface area contributed by atoms with E-state index in [9.17, 15) is 4.79 Å². The third-order valence-electron chi connectivity index (χ3n) is 6.97. The third-order valence-corrected chi connectivity index (χ3v) is 7.39. The van der Waals surface area contributed by atoms with Crippen molar-refractivity contribution in [1.29, 1.82) is 0 Å². The van der Waals surface area contributed by atoms with Crippen LogP contribution in [-0.2, 0) is 11.8 Å². The van der Waals surface area contributed by atoms with Gasteiger partial charge in [0.25, 0.3) is 0 Å². The molecule has 2 fully saturated rings. The lowest BCUT2D eigenvalue weighted by Gasteiger charge is -2.57. The highest BCUT2D eigenvalue weighted by atomic mass is 35.5. The van der Waals surface area contributed by atoms with E-state index in [0.717, 1.165) is 25.1 Å². The fraction of sp³-hybridized carbons (Fsp3) is 0.435. The number of nitrogens with one attached hydrogen (secondary N) is 1. The molecular weight excluding hydrogens is 372 g/mol. The van der Waals surface area contributed by atoms with Crippen molar-refractivity contribution in [2.75, 3.05) is 11.9 Å². The number of fused-ring (bicyclic) bond motifs is 1. The molecule has 2 aliphatic carbocycles. The number of anilines is 1. The van der Waals surface area contributed by atoms with Gasteiger partial charge in [-0.25, -0.2) is 9.21 Å². The van der Waals surface area contributed by atoms with Crippen LogP contribution in [0.1, 0.15) is 43.2 Å². The van der Waals surface area contributed by atoms with Crippen molar-refractivity contribution >= 4 is 23.6 Å². The van der Waals surface area contributed by atoms with E-state index in [1.165, 1.54) is 36.8 Å². The highest BCUT2D eigenvalue weighted by Crippen LogP contribution is 2.56. The van der Waals surface area contributed by atoms with Crippen LogP contribution in [0.2, 0.25) is 0 Å². The average Bonchev–Trinajstić information content (AvgIpc) is 2.72. The predicted octanol–water partition coefficient (Wildman–Crippen LogP) is 5.51. The Bertz CT molecular complexity index is 887. The molecule has 1 amide bonds. The molecule has 4 nitrogen and oxygen atoms in total. The number of carbonyl (C=O) groups excluding carboxylic acids is 1. The van der Waals surface area contributed by atoms with Crippen LogP contribution < -0.4 is 10.1 Å². The van der Waals surface area contributed by atoms with Gasteiger partial charge in [-0.05, 0) is 78.8 Å². The summed E-state index contributed by atoms with van der Waals surface area (Å²) in [6, 6.07) is 16.0. The van der Waals surface area contributed by atoms with Crippen LogP contribution in [-0.4, -0.2) is 23.1 Å². The van der Waals surface area contributed by atoms with Crippen LogP contribution in [0.15, 0.2) is 48.5 Å². The van der Waals surface area contributed by atoms with E-state index in [-0.39, 0.29) is 5.41 Å². The topological polar surface area (TPSA) is 41.6 Å². The average molecular weight is 397 g/mol. The Labute approximate surface area is 170 Å². The lowest BCUT2D eigenvalue weighted by molar-refractivity contribution is 0.0325. The van der Waals surface area contributed by atoms with E-state index in [4.69, 9.17) is 16.5 Å². The summed E-state index contributed by atoms with van der Waals surface area (Å²) in [7, 11) is 0. The second kappa shape index (κ2) is 7.09. The quantitative estimate of drug-likeness (QED) is 0.680. The molecule has 2 bridgehead atoms. The minimum Gasteiger partial charge on any atom is -0.410 e. The summed E-state index contributed by atoms with van der Waals surface area (Å²) in [5.41, 5.74) is 3.68. The molecule has 1 N–H and O–H groups in total. The molecule has 1 saturated heterocycles. The first-order chi connectivity index (χ1) is 13.7. The van der Waals surface area contributed by atoms with Gasteiger partial charge >= 0.3 is 6.09 Å². The monoisotopic (exact) mass is 396 g/mol. The highest BCUT2D eigenvalue weighted by Gasteiger charge is 2.53. The van der Waals surface area contributed by atoms with E-state index in [1.54, 1.807) is 0 Å². The maximum atomic E-state index is 12.3. The highest BCUT2D eigenvalue weighted by molar-refractivity contribution is 6.13. The van der Waals surface area contributed by atoms with Gasteiger partial charge < -0.3 is 4.74 Å². The summed E-state index contributed by atoms with van der Waals surface area (Å²) in [6.45, 7) is 0.932. The summed E-state index contributed by atoms with van der Waals surface area (Å²) in [5, 5.41) is 2.79. The van der Waals surface area contributed by atoms with Crippen molar-refractivity contribution in [3.63, 3.8) is 0 Å². The Morgan fingerprint density at radius 1 is 1.14 bits per heavy atom. The number of halogens is 1. The zero-order valence-corrected chi connectivity index (χ0v) is 16.6. The molecule has 3 aliphatic rings. The maximum absolute atomic E-state index is 12.3. The Balaban J connectivity index is 1.43. The molecule has 0 radical (unpaired) electrons. The first-order valence-electron chi connectivity index (χ1n) is 10.3. The van der Waals surface area contributed by atoms with Gasteiger partial charge in [0, 0.05) is 23.7 Å². The minimum atomic E-state index is -0.451. The Kier molecular flexibility index (Phi) is 4.56. The molecular formula is C23H25ClN2O2. The van der Waals surface area contributed by atoms with E-state index >= 15 is 0 Å². The molecule has 0 aromatic heterocycles. The number of hydrogen-bond acceptors (Lipinski definition) is 3.